The second-order valence-corrected chi connectivity index (χ2v) is 5.40. The molecular formula is C14H15F3N6O2. The van der Waals surface area contributed by atoms with Crippen LogP contribution in [0.2, 0.25) is 0 Å². The molecule has 0 aliphatic carbocycles. The molecule has 0 radical (unpaired) electrons. The lowest BCUT2D eigenvalue weighted by Crippen LogP contribution is -2.36. The van der Waals surface area contributed by atoms with Crippen molar-refractivity contribution in [3.63, 3.8) is 0 Å². The third-order valence-electron chi connectivity index (χ3n) is 3.69. The first-order valence-electron chi connectivity index (χ1n) is 7.39. The van der Waals surface area contributed by atoms with Gasteiger partial charge >= 0.3 is 12.1 Å². The number of fused-ring (bicyclic) bond motifs is 1. The molecule has 0 bridgehead atoms. The molecule has 0 saturated carbocycles. The van der Waals surface area contributed by atoms with Gasteiger partial charge in [0.1, 0.15) is 18.1 Å². The Morgan fingerprint density at radius 2 is 2.16 bits per heavy atom. The van der Waals surface area contributed by atoms with Crippen LogP contribution in [-0.4, -0.2) is 43.3 Å². The molecule has 3 heterocycles. The van der Waals surface area contributed by atoms with Crippen LogP contribution in [0.15, 0.2) is 23.7 Å². The number of aryl methyl sites for hydroxylation is 2. The molecule has 25 heavy (non-hydrogen) atoms. The highest BCUT2D eigenvalue weighted by Crippen LogP contribution is 2.41. The molecule has 0 saturated heterocycles. The Hall–Kier alpha value is -2.85. The van der Waals surface area contributed by atoms with E-state index in [0.29, 0.717) is 11.4 Å². The van der Waals surface area contributed by atoms with Gasteiger partial charge in [0.2, 0.25) is 5.95 Å². The Balaban J connectivity index is 2.28. The first-order valence-corrected chi connectivity index (χ1v) is 7.39. The fourth-order valence-corrected chi connectivity index (χ4v) is 2.77. The van der Waals surface area contributed by atoms with E-state index < -0.39 is 29.5 Å². The molecule has 8 nitrogen and oxygen atoms in total. The van der Waals surface area contributed by atoms with Gasteiger partial charge in [-0.3, -0.25) is 4.68 Å². The van der Waals surface area contributed by atoms with E-state index in [1.165, 1.54) is 16.3 Å². The summed E-state index contributed by atoms with van der Waals surface area (Å²) in [7, 11) is 1.58. The van der Waals surface area contributed by atoms with Gasteiger partial charge in [-0.1, -0.05) is 0 Å². The lowest BCUT2D eigenvalue weighted by molar-refractivity contribution is -0.140. The van der Waals surface area contributed by atoms with E-state index in [1.807, 2.05) is 0 Å². The highest BCUT2D eigenvalue weighted by molar-refractivity contribution is 5.92. The van der Waals surface area contributed by atoms with Crippen LogP contribution in [0.25, 0.3) is 0 Å². The van der Waals surface area contributed by atoms with Crippen molar-refractivity contribution in [1.82, 2.24) is 24.5 Å². The molecule has 2 aromatic heterocycles. The number of hydrogen-bond acceptors (Lipinski definition) is 6. The lowest BCUT2D eigenvalue weighted by atomic mass is 9.99. The van der Waals surface area contributed by atoms with Crippen molar-refractivity contribution in [1.29, 1.82) is 0 Å². The molecule has 0 spiro atoms. The number of aromatic nitrogens is 5. The molecule has 1 aliphatic rings. The number of nitrogens with zero attached hydrogens (tertiary/aromatic N) is 5. The van der Waals surface area contributed by atoms with Gasteiger partial charge in [0.25, 0.3) is 0 Å². The van der Waals surface area contributed by atoms with E-state index in [2.05, 4.69) is 20.5 Å². The lowest BCUT2D eigenvalue weighted by Gasteiger charge is -2.29. The number of rotatable bonds is 3. The summed E-state index contributed by atoms with van der Waals surface area (Å²) in [6.07, 6.45) is -3.69. The number of carbonyl (C=O) groups is 1. The van der Waals surface area contributed by atoms with Gasteiger partial charge in [-0.2, -0.15) is 28.4 Å². The van der Waals surface area contributed by atoms with Crippen LogP contribution in [0.3, 0.4) is 0 Å². The van der Waals surface area contributed by atoms with Crippen molar-refractivity contribution < 1.29 is 22.7 Å². The zero-order valence-electron chi connectivity index (χ0n) is 13.6. The van der Waals surface area contributed by atoms with Gasteiger partial charge in [0, 0.05) is 7.05 Å². The molecule has 2 aromatic rings. The minimum absolute atomic E-state index is 0.0607. The largest absolute Gasteiger partial charge is 0.463 e. The third kappa shape index (κ3) is 2.85. The molecule has 1 atom stereocenters. The molecule has 0 amide bonds. The predicted octanol–water partition coefficient (Wildman–Crippen LogP) is 1.71. The number of anilines is 1. The summed E-state index contributed by atoms with van der Waals surface area (Å²) in [6, 6.07) is 0.426. The normalized spacial score (nSPS) is 17.3. The number of halogens is 3. The van der Waals surface area contributed by atoms with E-state index in [4.69, 9.17) is 4.74 Å². The first kappa shape index (κ1) is 17.0. The minimum atomic E-state index is -4.80. The summed E-state index contributed by atoms with van der Waals surface area (Å²) in [6.45, 7) is 3.16. The van der Waals surface area contributed by atoms with Crippen molar-refractivity contribution in [2.24, 2.45) is 7.05 Å². The Bertz CT molecular complexity index is 851. The highest BCUT2D eigenvalue weighted by Gasteiger charge is 2.47. The van der Waals surface area contributed by atoms with Crippen molar-refractivity contribution in [3.05, 3.63) is 35.1 Å². The minimum Gasteiger partial charge on any atom is -0.463 e. The van der Waals surface area contributed by atoms with E-state index in [1.54, 1.807) is 20.0 Å². The molecule has 134 valence electrons. The summed E-state index contributed by atoms with van der Waals surface area (Å²) in [4.78, 5) is 16.2. The maximum Gasteiger partial charge on any atom is 0.431 e. The van der Waals surface area contributed by atoms with Crippen LogP contribution in [0.4, 0.5) is 19.1 Å². The monoisotopic (exact) mass is 356 g/mol. The Labute approximate surface area is 140 Å². The van der Waals surface area contributed by atoms with Crippen LogP contribution >= 0.6 is 0 Å². The molecule has 1 N–H and O–H groups in total. The first-order chi connectivity index (χ1) is 11.7. The van der Waals surface area contributed by atoms with Crippen LogP contribution in [0.1, 0.15) is 24.4 Å². The van der Waals surface area contributed by atoms with Gasteiger partial charge < -0.3 is 10.1 Å². The maximum absolute atomic E-state index is 13.6. The zero-order chi connectivity index (χ0) is 18.4. The highest BCUT2D eigenvalue weighted by atomic mass is 19.4. The van der Waals surface area contributed by atoms with E-state index >= 15 is 0 Å². The third-order valence-corrected chi connectivity index (χ3v) is 3.69. The molecule has 0 unspecified atom stereocenters. The number of nitrogens with one attached hydrogen (secondary N) is 1. The summed E-state index contributed by atoms with van der Waals surface area (Å²) < 4.78 is 48.2. The van der Waals surface area contributed by atoms with Crippen molar-refractivity contribution in [2.45, 2.75) is 26.1 Å². The van der Waals surface area contributed by atoms with Gasteiger partial charge in [0.05, 0.1) is 23.6 Å². The molecule has 0 aromatic carbocycles. The van der Waals surface area contributed by atoms with E-state index in [9.17, 15) is 18.0 Å². The number of carbonyl (C=O) groups excluding carboxylic acids is 1. The van der Waals surface area contributed by atoms with Crippen LogP contribution < -0.4 is 5.32 Å². The summed E-state index contributed by atoms with van der Waals surface area (Å²) >= 11 is 0. The van der Waals surface area contributed by atoms with Crippen molar-refractivity contribution in [2.75, 3.05) is 11.9 Å². The Morgan fingerprint density at radius 1 is 1.44 bits per heavy atom. The topological polar surface area (TPSA) is 86.9 Å². The fraction of sp³-hybridized carbons (Fsp3) is 0.429. The van der Waals surface area contributed by atoms with Gasteiger partial charge in [0.15, 0.2) is 0 Å². The van der Waals surface area contributed by atoms with Gasteiger partial charge in [-0.15, -0.1) is 0 Å². The number of allylic oxidation sites excluding steroid dienone is 1. The van der Waals surface area contributed by atoms with E-state index in [-0.39, 0.29) is 12.6 Å². The van der Waals surface area contributed by atoms with Crippen LogP contribution in [0, 0.1) is 6.92 Å². The number of hydrogen-bond donors (Lipinski definition) is 1. The smallest absolute Gasteiger partial charge is 0.431 e. The van der Waals surface area contributed by atoms with Crippen molar-refractivity contribution in [3.8, 4) is 0 Å². The summed E-state index contributed by atoms with van der Waals surface area (Å²) in [5.74, 6) is -1.20. The number of esters is 1. The predicted molar refractivity (Wildman–Crippen MR) is 79.4 cm³/mol. The molecule has 11 heteroatoms. The number of ether oxygens (including phenoxy) is 1. The van der Waals surface area contributed by atoms with Crippen LogP contribution in [-0.2, 0) is 16.6 Å². The summed E-state index contributed by atoms with van der Waals surface area (Å²) in [5.41, 5.74) is -0.851. The molecule has 3 rings (SSSR count). The molecular weight excluding hydrogens is 341 g/mol. The SMILES string of the molecule is CCOC(=O)C1=C(C(F)(F)F)Nc2ncnn2[C@H]1c1cc(C)nn1C. The molecule has 1 aliphatic heterocycles. The Morgan fingerprint density at radius 3 is 2.72 bits per heavy atom. The van der Waals surface area contributed by atoms with Gasteiger partial charge in [-0.05, 0) is 19.9 Å². The average molecular weight is 356 g/mol. The number of alkyl halides is 3. The zero-order valence-corrected chi connectivity index (χ0v) is 13.6. The maximum atomic E-state index is 13.6. The fourth-order valence-electron chi connectivity index (χ4n) is 2.77. The Kier molecular flexibility index (Phi) is 4.01. The standard InChI is InChI=1S/C14H15F3N6O2/c1-4-25-12(24)9-10(8-5-7(2)21-22(8)3)23-13(18-6-19-23)20-11(9)14(15,16)17/h5-6,10H,4H2,1-3H3,(H,18,19,20)/t10-/m0/s1. The second kappa shape index (κ2) is 5.90. The second-order valence-electron chi connectivity index (χ2n) is 5.40. The average Bonchev–Trinajstić information content (AvgIpc) is 3.10. The summed E-state index contributed by atoms with van der Waals surface area (Å²) in [5, 5.41) is 10.3. The molecule has 0 fully saturated rings. The van der Waals surface area contributed by atoms with Gasteiger partial charge in [-0.25, -0.2) is 9.48 Å². The van der Waals surface area contributed by atoms with Crippen molar-refractivity contribution >= 4 is 11.9 Å². The quantitative estimate of drug-likeness (QED) is 0.843. The van der Waals surface area contributed by atoms with Crippen LogP contribution in [0.5, 0.6) is 0 Å². The van der Waals surface area contributed by atoms with E-state index in [0.717, 1.165) is 6.33 Å².